The van der Waals surface area contributed by atoms with Gasteiger partial charge in [0.15, 0.2) is 5.76 Å². The molecule has 0 saturated carbocycles. The van der Waals surface area contributed by atoms with E-state index in [-0.39, 0.29) is 5.91 Å². The molecule has 0 unspecified atom stereocenters. The van der Waals surface area contributed by atoms with Crippen molar-refractivity contribution in [1.29, 1.82) is 0 Å². The highest BCUT2D eigenvalue weighted by Gasteiger charge is 2.18. The lowest BCUT2D eigenvalue weighted by molar-refractivity contribution is 0.0600. The van der Waals surface area contributed by atoms with Crippen LogP contribution >= 0.6 is 0 Å². The minimum atomic E-state index is -0.432. The molecule has 1 N–H and O–H groups in total. The molecule has 0 radical (unpaired) electrons. The normalized spacial score (nSPS) is 10.2. The minimum Gasteiger partial charge on any atom is -0.465 e. The predicted molar refractivity (Wildman–Crippen MR) is 87.7 cm³/mol. The molecule has 0 aliphatic heterocycles. The summed E-state index contributed by atoms with van der Waals surface area (Å²) in [5, 5.41) is 6.46. The number of aromatic nitrogens is 1. The van der Waals surface area contributed by atoms with Gasteiger partial charge in [-0.2, -0.15) is 0 Å². The van der Waals surface area contributed by atoms with Gasteiger partial charge in [0.1, 0.15) is 5.56 Å². The van der Waals surface area contributed by atoms with E-state index in [0.717, 1.165) is 5.56 Å². The van der Waals surface area contributed by atoms with Crippen molar-refractivity contribution in [1.82, 2.24) is 5.16 Å². The van der Waals surface area contributed by atoms with Crippen LogP contribution in [0.15, 0.2) is 65.3 Å². The molecule has 0 atom stereocenters. The van der Waals surface area contributed by atoms with E-state index in [1.54, 1.807) is 24.3 Å². The van der Waals surface area contributed by atoms with Gasteiger partial charge in [-0.1, -0.05) is 35.5 Å². The van der Waals surface area contributed by atoms with Crippen LogP contribution in [-0.4, -0.2) is 24.1 Å². The van der Waals surface area contributed by atoms with Gasteiger partial charge in [-0.15, -0.1) is 0 Å². The molecular weight excluding hydrogens is 308 g/mol. The lowest BCUT2D eigenvalue weighted by atomic mass is 10.1. The molecule has 3 rings (SSSR count). The third-order valence-corrected chi connectivity index (χ3v) is 3.41. The number of hydrogen-bond acceptors (Lipinski definition) is 5. The number of carbonyl (C=O) groups is 2. The van der Waals surface area contributed by atoms with Gasteiger partial charge in [0, 0.05) is 11.3 Å². The predicted octanol–water partition coefficient (Wildman–Crippen LogP) is 3.38. The Morgan fingerprint density at radius 1 is 1.04 bits per heavy atom. The Hall–Kier alpha value is -3.41. The molecule has 0 saturated heterocycles. The van der Waals surface area contributed by atoms with Crippen LogP contribution < -0.4 is 5.32 Å². The number of hydrogen-bond donors (Lipinski definition) is 1. The first-order valence-electron chi connectivity index (χ1n) is 7.19. The number of carbonyl (C=O) groups excluding carboxylic acids is 2. The van der Waals surface area contributed by atoms with Gasteiger partial charge < -0.3 is 14.6 Å². The van der Waals surface area contributed by atoms with Crippen molar-refractivity contribution in [2.24, 2.45) is 0 Å². The van der Waals surface area contributed by atoms with E-state index in [2.05, 4.69) is 15.2 Å². The number of nitrogens with one attached hydrogen (secondary N) is 1. The highest BCUT2D eigenvalue weighted by atomic mass is 16.5. The molecule has 0 fully saturated rings. The van der Waals surface area contributed by atoms with Crippen LogP contribution in [0.1, 0.15) is 20.7 Å². The molecule has 6 nitrogen and oxygen atoms in total. The van der Waals surface area contributed by atoms with Crippen molar-refractivity contribution < 1.29 is 18.8 Å². The van der Waals surface area contributed by atoms with Crippen LogP contribution in [0.3, 0.4) is 0 Å². The van der Waals surface area contributed by atoms with E-state index >= 15 is 0 Å². The molecule has 120 valence electrons. The summed E-state index contributed by atoms with van der Waals surface area (Å²) in [4.78, 5) is 23.8. The molecular formula is C18H14N2O4. The van der Waals surface area contributed by atoms with E-state index in [9.17, 15) is 9.59 Å². The first kappa shape index (κ1) is 15.5. The maximum absolute atomic E-state index is 12.4. The Balaban J connectivity index is 1.79. The quantitative estimate of drug-likeness (QED) is 0.745. The smallest absolute Gasteiger partial charge is 0.337 e. The zero-order valence-electron chi connectivity index (χ0n) is 12.9. The third kappa shape index (κ3) is 3.17. The zero-order chi connectivity index (χ0) is 16.9. The number of ether oxygens (including phenoxy) is 1. The van der Waals surface area contributed by atoms with Crippen LogP contribution in [0.2, 0.25) is 0 Å². The monoisotopic (exact) mass is 322 g/mol. The molecule has 2 aromatic carbocycles. The second kappa shape index (κ2) is 6.78. The van der Waals surface area contributed by atoms with E-state index in [0.29, 0.717) is 22.6 Å². The molecule has 0 spiro atoms. The second-order valence-electron chi connectivity index (χ2n) is 4.96. The van der Waals surface area contributed by atoms with Gasteiger partial charge in [-0.05, 0) is 24.3 Å². The lowest BCUT2D eigenvalue weighted by Gasteiger charge is -2.06. The van der Waals surface area contributed by atoms with Crippen molar-refractivity contribution in [3.63, 3.8) is 0 Å². The fraction of sp³-hybridized carbons (Fsp3) is 0.0556. The minimum absolute atomic E-state index is 0.332. The van der Waals surface area contributed by atoms with Crippen LogP contribution in [0.5, 0.6) is 0 Å². The molecule has 1 amide bonds. The molecule has 0 aliphatic rings. The summed E-state index contributed by atoms with van der Waals surface area (Å²) >= 11 is 0. The summed E-state index contributed by atoms with van der Waals surface area (Å²) < 4.78 is 9.84. The first-order chi connectivity index (χ1) is 11.7. The molecule has 0 aliphatic carbocycles. The fourth-order valence-electron chi connectivity index (χ4n) is 2.20. The van der Waals surface area contributed by atoms with E-state index in [1.165, 1.54) is 13.3 Å². The van der Waals surface area contributed by atoms with Crippen molar-refractivity contribution in [3.8, 4) is 11.3 Å². The summed E-state index contributed by atoms with van der Waals surface area (Å²) in [5.74, 6) is -0.376. The molecule has 1 heterocycles. The molecule has 24 heavy (non-hydrogen) atoms. The Bertz CT molecular complexity index is 854. The summed E-state index contributed by atoms with van der Waals surface area (Å²) in [6.45, 7) is 0. The van der Waals surface area contributed by atoms with Crippen molar-refractivity contribution in [2.75, 3.05) is 12.4 Å². The Labute approximate surface area is 138 Å². The highest BCUT2D eigenvalue weighted by molar-refractivity contribution is 6.07. The van der Waals surface area contributed by atoms with Gasteiger partial charge in [-0.25, -0.2) is 4.79 Å². The molecule has 1 aromatic heterocycles. The zero-order valence-corrected chi connectivity index (χ0v) is 12.9. The van der Waals surface area contributed by atoms with Gasteiger partial charge in [0.2, 0.25) is 0 Å². The summed E-state index contributed by atoms with van der Waals surface area (Å²) in [7, 11) is 1.31. The van der Waals surface area contributed by atoms with Crippen LogP contribution in [0, 0.1) is 0 Å². The fourth-order valence-corrected chi connectivity index (χ4v) is 2.20. The number of amides is 1. The Morgan fingerprint density at radius 2 is 1.75 bits per heavy atom. The molecule has 3 aromatic rings. The van der Waals surface area contributed by atoms with E-state index in [1.807, 2.05) is 30.3 Å². The maximum Gasteiger partial charge on any atom is 0.337 e. The maximum atomic E-state index is 12.4. The number of methoxy groups -OCH3 is 1. The topological polar surface area (TPSA) is 81.4 Å². The van der Waals surface area contributed by atoms with Gasteiger partial charge >= 0.3 is 5.97 Å². The van der Waals surface area contributed by atoms with E-state index < -0.39 is 5.97 Å². The van der Waals surface area contributed by atoms with Gasteiger partial charge in [0.25, 0.3) is 5.91 Å². The Kier molecular flexibility index (Phi) is 4.38. The summed E-state index contributed by atoms with van der Waals surface area (Å²) in [5.41, 5.74) is 2.05. The summed E-state index contributed by atoms with van der Waals surface area (Å²) in [6.07, 6.45) is 1.38. The first-order valence-corrected chi connectivity index (χ1v) is 7.19. The van der Waals surface area contributed by atoms with Crippen LogP contribution in [0.4, 0.5) is 5.69 Å². The van der Waals surface area contributed by atoms with Crippen molar-refractivity contribution >= 4 is 17.6 Å². The van der Waals surface area contributed by atoms with Crippen LogP contribution in [-0.2, 0) is 4.74 Å². The number of nitrogens with zero attached hydrogens (tertiary/aromatic N) is 1. The highest BCUT2D eigenvalue weighted by Crippen LogP contribution is 2.24. The Morgan fingerprint density at radius 3 is 2.42 bits per heavy atom. The van der Waals surface area contributed by atoms with Gasteiger partial charge in [0.05, 0.1) is 18.9 Å². The number of esters is 1. The largest absolute Gasteiger partial charge is 0.465 e. The number of anilines is 1. The number of benzene rings is 2. The third-order valence-electron chi connectivity index (χ3n) is 3.41. The SMILES string of the molecule is COC(=O)c1ccc(NC(=O)c2cnoc2-c2ccccc2)cc1. The van der Waals surface area contributed by atoms with E-state index in [4.69, 9.17) is 4.52 Å². The second-order valence-corrected chi connectivity index (χ2v) is 4.96. The average Bonchev–Trinajstić information content (AvgIpc) is 3.12. The molecule has 0 bridgehead atoms. The van der Waals surface area contributed by atoms with Crippen molar-refractivity contribution in [2.45, 2.75) is 0 Å². The molecule has 6 heteroatoms. The van der Waals surface area contributed by atoms with Gasteiger partial charge in [-0.3, -0.25) is 4.79 Å². The van der Waals surface area contributed by atoms with Crippen molar-refractivity contribution in [3.05, 3.63) is 71.9 Å². The lowest BCUT2D eigenvalue weighted by Crippen LogP contribution is -2.12. The standard InChI is InChI=1S/C18H14N2O4/c1-23-18(22)13-7-9-14(10-8-13)20-17(21)15-11-19-24-16(15)12-5-3-2-4-6-12/h2-11H,1H3,(H,20,21). The van der Waals surface area contributed by atoms with Crippen LogP contribution in [0.25, 0.3) is 11.3 Å². The average molecular weight is 322 g/mol. The summed E-state index contributed by atoms with van der Waals surface area (Å²) in [6, 6.07) is 15.7. The number of rotatable bonds is 4.